The molecule has 0 spiro atoms. The highest BCUT2D eigenvalue weighted by molar-refractivity contribution is 5.85. The summed E-state index contributed by atoms with van der Waals surface area (Å²) in [6.07, 6.45) is -0.684. The van der Waals surface area contributed by atoms with Crippen LogP contribution in [0.4, 0.5) is 0 Å². The zero-order chi connectivity index (χ0) is 20.2. The Kier molecular flexibility index (Phi) is 4.63. The summed E-state index contributed by atoms with van der Waals surface area (Å²) in [6.45, 7) is 3.05. The molecule has 0 saturated carbocycles. The van der Waals surface area contributed by atoms with Crippen molar-refractivity contribution in [2.24, 2.45) is 0 Å². The standard InChI is InChI=1S/C22H27NO5/c1-11-10-23(2)20-18-12(11)7-17(27-5)22(28-6)19(18)13-8-15(25-3)16(26-4)9-14(13)21(20)24/h7-9,11,20-21,24H,10H2,1-6H3. The second kappa shape index (κ2) is 6.87. The molecule has 3 unspecified atom stereocenters. The van der Waals surface area contributed by atoms with Gasteiger partial charge in [-0.3, -0.25) is 4.90 Å². The second-order valence-corrected chi connectivity index (χ2v) is 7.51. The second-order valence-electron chi connectivity index (χ2n) is 7.51. The van der Waals surface area contributed by atoms with E-state index in [-0.39, 0.29) is 6.04 Å². The van der Waals surface area contributed by atoms with Crippen LogP contribution in [0.1, 0.15) is 41.7 Å². The van der Waals surface area contributed by atoms with Gasteiger partial charge in [-0.15, -0.1) is 0 Å². The van der Waals surface area contributed by atoms with E-state index in [1.54, 1.807) is 28.4 Å². The maximum absolute atomic E-state index is 11.3. The van der Waals surface area contributed by atoms with E-state index in [1.165, 1.54) is 5.56 Å². The summed E-state index contributed by atoms with van der Waals surface area (Å²) in [5, 5.41) is 11.3. The van der Waals surface area contributed by atoms with E-state index in [0.29, 0.717) is 28.9 Å². The summed E-state index contributed by atoms with van der Waals surface area (Å²) in [5.74, 6) is 2.89. The lowest BCUT2D eigenvalue weighted by Gasteiger charge is -2.45. The van der Waals surface area contributed by atoms with Gasteiger partial charge in [-0.1, -0.05) is 6.92 Å². The fourth-order valence-corrected chi connectivity index (χ4v) is 4.81. The number of benzene rings is 2. The Bertz CT molecular complexity index is 926. The highest BCUT2D eigenvalue weighted by atomic mass is 16.5. The van der Waals surface area contributed by atoms with Crippen LogP contribution in [0.5, 0.6) is 23.0 Å². The van der Waals surface area contributed by atoms with Crippen molar-refractivity contribution in [3.8, 4) is 34.1 Å². The molecule has 1 N–H and O–H groups in total. The molecule has 0 amide bonds. The Morgan fingerprint density at radius 1 is 0.893 bits per heavy atom. The van der Waals surface area contributed by atoms with Gasteiger partial charge in [0.2, 0.25) is 0 Å². The summed E-state index contributed by atoms with van der Waals surface area (Å²) in [5.41, 5.74) is 4.94. The number of nitrogens with zero attached hydrogens (tertiary/aromatic N) is 1. The van der Waals surface area contributed by atoms with Crippen molar-refractivity contribution in [3.63, 3.8) is 0 Å². The number of ether oxygens (including phenoxy) is 4. The molecule has 6 heteroatoms. The van der Waals surface area contributed by atoms with Gasteiger partial charge in [-0.25, -0.2) is 0 Å². The molecule has 1 heterocycles. The van der Waals surface area contributed by atoms with E-state index in [9.17, 15) is 5.11 Å². The summed E-state index contributed by atoms with van der Waals surface area (Å²) in [4.78, 5) is 2.22. The Balaban J connectivity index is 2.13. The fraction of sp³-hybridized carbons (Fsp3) is 0.455. The minimum Gasteiger partial charge on any atom is -0.493 e. The lowest BCUT2D eigenvalue weighted by atomic mass is 9.73. The molecule has 1 aliphatic carbocycles. The molecule has 2 aliphatic rings. The van der Waals surface area contributed by atoms with E-state index in [1.807, 2.05) is 12.1 Å². The van der Waals surface area contributed by atoms with Crippen molar-refractivity contribution in [1.82, 2.24) is 4.90 Å². The number of hydrogen-bond donors (Lipinski definition) is 1. The Labute approximate surface area is 165 Å². The molecule has 150 valence electrons. The van der Waals surface area contributed by atoms with Crippen LogP contribution in [-0.4, -0.2) is 52.0 Å². The van der Waals surface area contributed by atoms with Crippen LogP contribution in [0.3, 0.4) is 0 Å². The molecule has 6 nitrogen and oxygen atoms in total. The van der Waals surface area contributed by atoms with E-state index in [0.717, 1.165) is 28.8 Å². The smallest absolute Gasteiger partial charge is 0.168 e. The monoisotopic (exact) mass is 385 g/mol. The van der Waals surface area contributed by atoms with Crippen molar-refractivity contribution >= 4 is 0 Å². The van der Waals surface area contributed by atoms with Crippen LogP contribution >= 0.6 is 0 Å². The number of rotatable bonds is 4. The Morgan fingerprint density at radius 3 is 2.11 bits per heavy atom. The first-order valence-electron chi connectivity index (χ1n) is 9.40. The number of fused-ring (bicyclic) bond motifs is 2. The van der Waals surface area contributed by atoms with Crippen molar-refractivity contribution < 1.29 is 24.1 Å². The summed E-state index contributed by atoms with van der Waals surface area (Å²) in [6, 6.07) is 5.68. The molecule has 28 heavy (non-hydrogen) atoms. The van der Waals surface area contributed by atoms with Crippen LogP contribution in [0.25, 0.3) is 11.1 Å². The summed E-state index contributed by atoms with van der Waals surface area (Å²) in [7, 11) is 8.57. The molecule has 0 aromatic heterocycles. The molecular weight excluding hydrogens is 358 g/mol. The average molecular weight is 385 g/mol. The van der Waals surface area contributed by atoms with Crippen LogP contribution in [0.15, 0.2) is 18.2 Å². The van der Waals surface area contributed by atoms with E-state index in [2.05, 4.69) is 24.9 Å². The van der Waals surface area contributed by atoms with Crippen molar-refractivity contribution in [1.29, 1.82) is 0 Å². The highest BCUT2D eigenvalue weighted by Crippen LogP contribution is 2.58. The van der Waals surface area contributed by atoms with Crippen LogP contribution < -0.4 is 18.9 Å². The fourth-order valence-electron chi connectivity index (χ4n) is 4.81. The minimum atomic E-state index is -0.684. The normalized spacial score (nSPS) is 22.9. The lowest BCUT2D eigenvalue weighted by Crippen LogP contribution is -2.39. The Morgan fingerprint density at radius 2 is 1.50 bits per heavy atom. The van der Waals surface area contributed by atoms with Gasteiger partial charge in [0, 0.05) is 12.1 Å². The summed E-state index contributed by atoms with van der Waals surface area (Å²) >= 11 is 0. The van der Waals surface area contributed by atoms with Gasteiger partial charge in [-0.05, 0) is 53.4 Å². The van der Waals surface area contributed by atoms with Gasteiger partial charge in [0.15, 0.2) is 23.0 Å². The first kappa shape index (κ1) is 18.9. The molecule has 3 atom stereocenters. The number of methoxy groups -OCH3 is 4. The highest BCUT2D eigenvalue weighted by Gasteiger charge is 2.43. The van der Waals surface area contributed by atoms with E-state index < -0.39 is 6.10 Å². The SMILES string of the molecule is COc1cc2c(cc1OC)C(O)C1c3c(cc(OC)c(OC)c3-2)C(C)CN1C. The van der Waals surface area contributed by atoms with Gasteiger partial charge in [0.1, 0.15) is 0 Å². The van der Waals surface area contributed by atoms with Gasteiger partial charge < -0.3 is 24.1 Å². The zero-order valence-electron chi connectivity index (χ0n) is 17.2. The third-order valence-electron chi connectivity index (χ3n) is 6.05. The van der Waals surface area contributed by atoms with Crippen molar-refractivity contribution in [3.05, 3.63) is 34.9 Å². The molecule has 0 fully saturated rings. The maximum Gasteiger partial charge on any atom is 0.168 e. The van der Waals surface area contributed by atoms with E-state index in [4.69, 9.17) is 18.9 Å². The lowest BCUT2D eigenvalue weighted by molar-refractivity contribution is 0.0494. The predicted molar refractivity (Wildman–Crippen MR) is 107 cm³/mol. The van der Waals surface area contributed by atoms with E-state index >= 15 is 0 Å². The van der Waals surface area contributed by atoms with Crippen LogP contribution in [-0.2, 0) is 0 Å². The molecule has 0 saturated heterocycles. The molecular formula is C22H27NO5. The number of likely N-dealkylation sites (N-methyl/N-ethyl adjacent to an activating group) is 1. The van der Waals surface area contributed by atoms with Gasteiger partial charge in [-0.2, -0.15) is 0 Å². The molecule has 4 rings (SSSR count). The summed E-state index contributed by atoms with van der Waals surface area (Å²) < 4.78 is 22.5. The Hall–Kier alpha value is -2.44. The van der Waals surface area contributed by atoms with Crippen LogP contribution in [0, 0.1) is 0 Å². The van der Waals surface area contributed by atoms with Gasteiger partial charge >= 0.3 is 0 Å². The van der Waals surface area contributed by atoms with Gasteiger partial charge in [0.25, 0.3) is 0 Å². The zero-order valence-corrected chi connectivity index (χ0v) is 17.2. The maximum atomic E-state index is 11.3. The topological polar surface area (TPSA) is 60.4 Å². The van der Waals surface area contributed by atoms with Crippen molar-refractivity contribution in [2.45, 2.75) is 25.0 Å². The first-order valence-corrected chi connectivity index (χ1v) is 9.40. The molecule has 0 radical (unpaired) electrons. The van der Waals surface area contributed by atoms with Crippen LogP contribution in [0.2, 0.25) is 0 Å². The third-order valence-corrected chi connectivity index (χ3v) is 6.05. The minimum absolute atomic E-state index is 0.161. The molecule has 0 bridgehead atoms. The van der Waals surface area contributed by atoms with Crippen molar-refractivity contribution in [2.75, 3.05) is 42.0 Å². The number of hydrogen-bond acceptors (Lipinski definition) is 6. The largest absolute Gasteiger partial charge is 0.493 e. The predicted octanol–water partition coefficient (Wildman–Crippen LogP) is 3.53. The number of aliphatic hydroxyl groups excluding tert-OH is 1. The number of aliphatic hydroxyl groups is 1. The molecule has 2 aromatic rings. The van der Waals surface area contributed by atoms with Gasteiger partial charge in [0.05, 0.1) is 40.6 Å². The average Bonchev–Trinajstić information content (AvgIpc) is 2.70. The first-order chi connectivity index (χ1) is 13.5. The quantitative estimate of drug-likeness (QED) is 0.869. The molecule has 1 aliphatic heterocycles. The third kappa shape index (κ3) is 2.48. The molecule has 2 aromatic carbocycles.